The summed E-state index contributed by atoms with van der Waals surface area (Å²) in [5.74, 6) is -1.32. The Labute approximate surface area is 167 Å². The molecule has 2 heterocycles. The molecule has 0 amide bonds. The first-order chi connectivity index (χ1) is 13.3. The van der Waals surface area contributed by atoms with Crippen molar-refractivity contribution in [2.75, 3.05) is 31.6 Å². The van der Waals surface area contributed by atoms with E-state index in [0.29, 0.717) is 34.6 Å². The van der Waals surface area contributed by atoms with Crippen molar-refractivity contribution < 1.29 is 14.3 Å². The molecule has 1 aromatic carbocycles. The van der Waals surface area contributed by atoms with Crippen LogP contribution in [-0.2, 0) is 0 Å². The van der Waals surface area contributed by atoms with Gasteiger partial charge in [0.15, 0.2) is 0 Å². The van der Waals surface area contributed by atoms with Crippen LogP contribution >= 0.6 is 11.8 Å². The van der Waals surface area contributed by atoms with Crippen molar-refractivity contribution in [2.24, 2.45) is 5.92 Å². The normalized spacial score (nSPS) is 19.8. The molecular weight excluding hydrogens is 385 g/mol. The van der Waals surface area contributed by atoms with Gasteiger partial charge < -0.3 is 14.6 Å². The predicted molar refractivity (Wildman–Crippen MR) is 107 cm³/mol. The van der Waals surface area contributed by atoms with Crippen LogP contribution in [0.1, 0.15) is 41.2 Å². The number of hydrogen-bond acceptors (Lipinski definition) is 4. The molecule has 1 atom stereocenters. The summed E-state index contributed by atoms with van der Waals surface area (Å²) in [6, 6.07) is 2.65. The molecule has 1 unspecified atom stereocenters. The Hall–Kier alpha value is -2.12. The van der Waals surface area contributed by atoms with Gasteiger partial charge in [-0.25, -0.2) is 13.6 Å². The Balaban J connectivity index is 1.86. The molecule has 0 radical (unpaired) electrons. The number of carbonyl (C=O) groups is 1. The quantitative estimate of drug-likeness (QED) is 0.769. The van der Waals surface area contributed by atoms with Crippen molar-refractivity contribution in [3.63, 3.8) is 0 Å². The van der Waals surface area contributed by atoms with Crippen LogP contribution in [0.4, 0.5) is 10.1 Å². The van der Waals surface area contributed by atoms with Gasteiger partial charge in [0.05, 0.1) is 11.2 Å². The molecule has 0 spiro atoms. The van der Waals surface area contributed by atoms with E-state index in [1.54, 1.807) is 16.0 Å². The van der Waals surface area contributed by atoms with Crippen LogP contribution in [0.2, 0.25) is 0 Å². The lowest BCUT2D eigenvalue weighted by atomic mass is 10.0. The molecule has 1 saturated heterocycles. The third-order valence-corrected chi connectivity index (χ3v) is 5.87. The Morgan fingerprint density at radius 2 is 2.07 bits per heavy atom. The average molecular weight is 408 g/mol. The fourth-order valence-electron chi connectivity index (χ4n) is 4.42. The fourth-order valence-corrected chi connectivity index (χ4v) is 4.62. The van der Waals surface area contributed by atoms with E-state index in [0.717, 1.165) is 32.4 Å². The van der Waals surface area contributed by atoms with Gasteiger partial charge in [-0.2, -0.15) is 0 Å². The molecule has 8 heteroatoms. The largest absolute Gasteiger partial charge is 0.477 e. The Kier molecular flexibility index (Phi) is 4.83. The number of aryl methyl sites for hydroxylation is 1. The SMILES string of the molecule is Cc1c(N2CCC(CN(C)Cl)C2)c(F)cc2cc(C(=O)O)c(=O)n(C3CC3)c12. The van der Waals surface area contributed by atoms with Gasteiger partial charge in [-0.15, -0.1) is 0 Å². The number of carboxylic acid groups (broad SMARTS) is 1. The maximum atomic E-state index is 15.1. The minimum absolute atomic E-state index is 0.0115. The van der Waals surface area contributed by atoms with Crippen molar-refractivity contribution in [2.45, 2.75) is 32.2 Å². The van der Waals surface area contributed by atoms with Crippen molar-refractivity contribution >= 4 is 34.3 Å². The lowest BCUT2D eigenvalue weighted by Gasteiger charge is -2.24. The predicted octanol–water partition coefficient (Wildman–Crippen LogP) is 3.39. The molecule has 1 aliphatic carbocycles. The zero-order valence-electron chi connectivity index (χ0n) is 15.9. The Morgan fingerprint density at radius 1 is 1.36 bits per heavy atom. The molecular formula is C20H23ClFN3O3. The lowest BCUT2D eigenvalue weighted by Crippen LogP contribution is -2.28. The number of anilines is 1. The molecule has 4 rings (SSSR count). The van der Waals surface area contributed by atoms with Crippen LogP contribution in [0.15, 0.2) is 16.9 Å². The molecule has 2 fully saturated rings. The number of benzene rings is 1. The number of pyridine rings is 1. The average Bonchev–Trinajstić information content (AvgIpc) is 3.34. The highest BCUT2D eigenvalue weighted by Crippen LogP contribution is 2.40. The smallest absolute Gasteiger partial charge is 0.341 e. The molecule has 1 aliphatic heterocycles. The highest BCUT2D eigenvalue weighted by Gasteiger charge is 2.32. The number of aromatic nitrogens is 1. The Morgan fingerprint density at radius 3 is 2.68 bits per heavy atom. The van der Waals surface area contributed by atoms with Gasteiger partial charge in [0.2, 0.25) is 0 Å². The van der Waals surface area contributed by atoms with E-state index >= 15 is 4.39 Å². The number of fused-ring (bicyclic) bond motifs is 1. The third-order valence-electron chi connectivity index (χ3n) is 5.74. The first-order valence-corrected chi connectivity index (χ1v) is 9.85. The molecule has 2 aromatic rings. The van der Waals surface area contributed by atoms with Gasteiger partial charge in [-0.1, -0.05) is 0 Å². The summed E-state index contributed by atoms with van der Waals surface area (Å²) < 4.78 is 18.3. The summed E-state index contributed by atoms with van der Waals surface area (Å²) in [6.07, 6.45) is 2.58. The van der Waals surface area contributed by atoms with E-state index in [1.165, 1.54) is 12.1 Å². The van der Waals surface area contributed by atoms with E-state index in [-0.39, 0.29) is 17.4 Å². The molecule has 28 heavy (non-hydrogen) atoms. The summed E-state index contributed by atoms with van der Waals surface area (Å²) >= 11 is 5.97. The number of hydrogen-bond donors (Lipinski definition) is 1. The lowest BCUT2D eigenvalue weighted by molar-refractivity contribution is 0.0694. The molecule has 1 aromatic heterocycles. The van der Waals surface area contributed by atoms with E-state index in [4.69, 9.17) is 11.8 Å². The second-order valence-corrected chi connectivity index (χ2v) is 8.50. The van der Waals surface area contributed by atoms with Crippen molar-refractivity contribution in [1.82, 2.24) is 8.99 Å². The minimum Gasteiger partial charge on any atom is -0.477 e. The molecule has 2 aliphatic rings. The van der Waals surface area contributed by atoms with Crippen LogP contribution in [-0.4, -0.2) is 46.7 Å². The van der Waals surface area contributed by atoms with E-state index in [1.807, 2.05) is 11.8 Å². The van der Waals surface area contributed by atoms with Crippen LogP contribution in [0.5, 0.6) is 0 Å². The number of nitrogens with zero attached hydrogens (tertiary/aromatic N) is 3. The molecule has 0 bridgehead atoms. The van der Waals surface area contributed by atoms with E-state index < -0.39 is 11.5 Å². The Bertz CT molecular complexity index is 1020. The second kappa shape index (κ2) is 7.04. The van der Waals surface area contributed by atoms with Crippen LogP contribution in [0.3, 0.4) is 0 Å². The van der Waals surface area contributed by atoms with Gasteiger partial charge >= 0.3 is 5.97 Å². The molecule has 150 valence electrons. The van der Waals surface area contributed by atoms with Gasteiger partial charge in [-0.05, 0) is 61.6 Å². The van der Waals surface area contributed by atoms with Gasteiger partial charge in [-0.3, -0.25) is 4.79 Å². The number of halogens is 2. The van der Waals surface area contributed by atoms with E-state index in [2.05, 4.69) is 0 Å². The number of aromatic carboxylic acids is 1. The maximum absolute atomic E-state index is 15.1. The minimum atomic E-state index is -1.28. The number of rotatable bonds is 5. The first-order valence-electron chi connectivity index (χ1n) is 9.51. The summed E-state index contributed by atoms with van der Waals surface area (Å²) in [7, 11) is 1.81. The van der Waals surface area contributed by atoms with Crippen molar-refractivity contribution in [1.29, 1.82) is 0 Å². The highest BCUT2D eigenvalue weighted by molar-refractivity contribution is 6.13. The van der Waals surface area contributed by atoms with Gasteiger partial charge in [0.25, 0.3) is 5.56 Å². The maximum Gasteiger partial charge on any atom is 0.341 e. The van der Waals surface area contributed by atoms with Crippen LogP contribution in [0.25, 0.3) is 10.9 Å². The highest BCUT2D eigenvalue weighted by atomic mass is 35.5. The van der Waals surface area contributed by atoms with Crippen LogP contribution < -0.4 is 10.5 Å². The summed E-state index contributed by atoms with van der Waals surface area (Å²) in [4.78, 5) is 26.3. The molecule has 6 nitrogen and oxygen atoms in total. The van der Waals surface area contributed by atoms with Crippen LogP contribution in [0, 0.1) is 18.7 Å². The molecule has 1 saturated carbocycles. The summed E-state index contributed by atoms with van der Waals surface area (Å²) in [5, 5.41) is 9.85. The van der Waals surface area contributed by atoms with Crippen molar-refractivity contribution in [3.8, 4) is 0 Å². The van der Waals surface area contributed by atoms with Crippen molar-refractivity contribution in [3.05, 3.63) is 39.4 Å². The number of carboxylic acids is 1. The first kappa shape index (κ1) is 19.2. The monoisotopic (exact) mass is 407 g/mol. The third kappa shape index (κ3) is 3.26. The van der Waals surface area contributed by atoms with Gasteiger partial charge in [0.1, 0.15) is 11.4 Å². The zero-order valence-corrected chi connectivity index (χ0v) is 16.7. The second-order valence-electron chi connectivity index (χ2n) is 7.93. The zero-order chi connectivity index (χ0) is 20.2. The topological polar surface area (TPSA) is 65.8 Å². The standard InChI is InChI=1S/C20H23ClFN3O3/c1-11-17-13(7-15(20(27)28)19(26)25(17)14-3-4-14)8-16(22)18(11)24-6-5-12(10-24)9-23(2)21/h7-8,12,14H,3-6,9-10H2,1-2H3,(H,27,28). The fraction of sp³-hybridized carbons (Fsp3) is 0.500. The van der Waals surface area contributed by atoms with E-state index in [9.17, 15) is 14.7 Å². The summed E-state index contributed by atoms with van der Waals surface area (Å²) in [5.41, 5.74) is 1.02. The van der Waals surface area contributed by atoms with Gasteiger partial charge in [0, 0.05) is 38.1 Å². The summed E-state index contributed by atoms with van der Waals surface area (Å²) in [6.45, 7) is 3.96. The molecule has 1 N–H and O–H groups in total.